The van der Waals surface area contributed by atoms with E-state index in [1.165, 1.54) is 30.0 Å². The summed E-state index contributed by atoms with van der Waals surface area (Å²) in [6, 6.07) is 4.01. The minimum Gasteiger partial charge on any atom is -0.437 e. The first-order valence-electron chi connectivity index (χ1n) is 5.77. The summed E-state index contributed by atoms with van der Waals surface area (Å²) in [5, 5.41) is 3.04. The van der Waals surface area contributed by atoms with Crippen molar-refractivity contribution in [3.63, 3.8) is 0 Å². The summed E-state index contributed by atoms with van der Waals surface area (Å²) in [6.07, 6.45) is 0. The fourth-order valence-corrected chi connectivity index (χ4v) is 2.30. The number of hydrogen-bond donors (Lipinski definition) is 1. The Bertz CT molecular complexity index is 626. The van der Waals surface area contributed by atoms with Gasteiger partial charge in [0.15, 0.2) is 0 Å². The molecule has 7 heteroatoms. The number of oxazole rings is 1. The molecule has 4 nitrogen and oxygen atoms in total. The van der Waals surface area contributed by atoms with Crippen LogP contribution in [0, 0.1) is 19.7 Å². The molecule has 0 aliphatic carbocycles. The molecule has 20 heavy (non-hydrogen) atoms. The maximum Gasteiger partial charge on any atom is 0.256 e. The van der Waals surface area contributed by atoms with Crippen LogP contribution in [0.3, 0.4) is 0 Å². The number of aromatic nitrogens is 1. The van der Waals surface area contributed by atoms with E-state index in [9.17, 15) is 9.18 Å². The molecule has 0 spiro atoms. The Kier molecular flexibility index (Phi) is 4.67. The first-order chi connectivity index (χ1) is 9.45. The summed E-state index contributed by atoms with van der Waals surface area (Å²) in [6.45, 7) is 3.65. The Morgan fingerprint density at radius 3 is 2.85 bits per heavy atom. The second-order valence-electron chi connectivity index (χ2n) is 4.09. The number of amides is 1. The number of anilines is 1. The molecule has 0 saturated carbocycles. The zero-order valence-corrected chi connectivity index (χ0v) is 12.4. The fourth-order valence-electron chi connectivity index (χ4n) is 1.40. The molecular weight excluding hydrogens is 303 g/mol. The molecule has 106 valence electrons. The van der Waals surface area contributed by atoms with Gasteiger partial charge in [0.2, 0.25) is 5.91 Å². The number of aryl methyl sites for hydroxylation is 2. The Morgan fingerprint density at radius 2 is 2.25 bits per heavy atom. The largest absolute Gasteiger partial charge is 0.437 e. The summed E-state index contributed by atoms with van der Waals surface area (Å²) in [7, 11) is 0. The van der Waals surface area contributed by atoms with Crippen LogP contribution in [0.15, 0.2) is 27.8 Å². The second-order valence-corrected chi connectivity index (χ2v) is 5.42. The van der Waals surface area contributed by atoms with Crippen molar-refractivity contribution in [3.8, 4) is 0 Å². The Morgan fingerprint density at radius 1 is 1.50 bits per heavy atom. The summed E-state index contributed by atoms with van der Waals surface area (Å²) in [5.41, 5.74) is 1.25. The van der Waals surface area contributed by atoms with Crippen LogP contribution in [0.5, 0.6) is 0 Å². The monoisotopic (exact) mass is 314 g/mol. The lowest BCUT2D eigenvalue weighted by atomic mass is 10.3. The highest BCUT2D eigenvalue weighted by Crippen LogP contribution is 2.22. The minimum atomic E-state index is -0.523. The third-order valence-electron chi connectivity index (χ3n) is 2.54. The maximum atomic E-state index is 13.0. The van der Waals surface area contributed by atoms with Gasteiger partial charge in [-0.1, -0.05) is 23.4 Å². The number of nitrogens with one attached hydrogen (secondary N) is 1. The van der Waals surface area contributed by atoms with E-state index in [1.807, 2.05) is 13.8 Å². The van der Waals surface area contributed by atoms with Gasteiger partial charge in [0.25, 0.3) is 5.22 Å². The van der Waals surface area contributed by atoms with E-state index in [0.717, 1.165) is 11.5 Å². The molecule has 1 N–H and O–H groups in total. The minimum absolute atomic E-state index is 0.0330. The van der Waals surface area contributed by atoms with Crippen LogP contribution in [-0.2, 0) is 4.79 Å². The van der Waals surface area contributed by atoms with Gasteiger partial charge in [0, 0.05) is 5.69 Å². The lowest BCUT2D eigenvalue weighted by Crippen LogP contribution is -2.14. The van der Waals surface area contributed by atoms with Crippen molar-refractivity contribution in [2.45, 2.75) is 19.1 Å². The van der Waals surface area contributed by atoms with Gasteiger partial charge in [0.1, 0.15) is 11.6 Å². The van der Waals surface area contributed by atoms with Crippen molar-refractivity contribution in [1.82, 2.24) is 4.98 Å². The molecule has 0 unspecified atom stereocenters. The molecule has 2 rings (SSSR count). The number of rotatable bonds is 4. The molecule has 0 atom stereocenters. The van der Waals surface area contributed by atoms with Crippen LogP contribution in [-0.4, -0.2) is 16.6 Å². The first kappa shape index (κ1) is 14.9. The number of nitrogens with zero attached hydrogens (tertiary/aromatic N) is 1. The van der Waals surface area contributed by atoms with Gasteiger partial charge in [0.05, 0.1) is 16.5 Å². The zero-order valence-electron chi connectivity index (χ0n) is 10.9. The van der Waals surface area contributed by atoms with Gasteiger partial charge >= 0.3 is 0 Å². The fraction of sp³-hybridized carbons (Fsp3) is 0.231. The number of benzene rings is 1. The molecule has 0 saturated heterocycles. The Hall–Kier alpha value is -1.53. The molecule has 1 aromatic heterocycles. The molecule has 0 aliphatic heterocycles. The molecule has 2 aromatic rings. The quantitative estimate of drug-likeness (QED) is 0.872. The molecule has 0 fully saturated rings. The average molecular weight is 315 g/mol. The summed E-state index contributed by atoms with van der Waals surface area (Å²) in [5.74, 6) is 0.114. The zero-order chi connectivity index (χ0) is 14.7. The SMILES string of the molecule is Cc1nc(SCC(=O)Nc2ccc(F)c(Cl)c2)oc1C. The molecule has 1 aromatic carbocycles. The van der Waals surface area contributed by atoms with Gasteiger partial charge in [-0.3, -0.25) is 4.79 Å². The number of halogens is 2. The Balaban J connectivity index is 1.90. The summed E-state index contributed by atoms with van der Waals surface area (Å²) < 4.78 is 18.3. The van der Waals surface area contributed by atoms with Crippen LogP contribution in [0.1, 0.15) is 11.5 Å². The number of carbonyl (C=O) groups excluding carboxylic acids is 1. The van der Waals surface area contributed by atoms with Crippen molar-refractivity contribution < 1.29 is 13.6 Å². The van der Waals surface area contributed by atoms with Gasteiger partial charge in [-0.15, -0.1) is 0 Å². The third-order valence-corrected chi connectivity index (χ3v) is 3.66. The van der Waals surface area contributed by atoms with Gasteiger partial charge in [-0.05, 0) is 32.0 Å². The van der Waals surface area contributed by atoms with E-state index in [4.69, 9.17) is 16.0 Å². The second kappa shape index (κ2) is 6.28. The molecule has 1 amide bonds. The summed E-state index contributed by atoms with van der Waals surface area (Å²) in [4.78, 5) is 15.9. The van der Waals surface area contributed by atoms with Crippen molar-refractivity contribution in [1.29, 1.82) is 0 Å². The number of carbonyl (C=O) groups is 1. The lowest BCUT2D eigenvalue weighted by molar-refractivity contribution is -0.113. The van der Waals surface area contributed by atoms with Crippen LogP contribution in [0.25, 0.3) is 0 Å². The van der Waals surface area contributed by atoms with E-state index in [-0.39, 0.29) is 16.7 Å². The maximum absolute atomic E-state index is 13.0. The predicted octanol–water partition coefficient (Wildman–Crippen LogP) is 3.81. The van der Waals surface area contributed by atoms with Gasteiger partial charge in [-0.2, -0.15) is 0 Å². The standard InChI is InChI=1S/C13H12ClFN2O2S/c1-7-8(2)19-13(16-7)20-6-12(18)17-9-3-4-11(15)10(14)5-9/h3-5H,6H2,1-2H3,(H,17,18). The van der Waals surface area contributed by atoms with Crippen LogP contribution in [0.2, 0.25) is 5.02 Å². The highest BCUT2D eigenvalue weighted by Gasteiger charge is 2.10. The van der Waals surface area contributed by atoms with Gasteiger partial charge < -0.3 is 9.73 Å². The highest BCUT2D eigenvalue weighted by atomic mass is 35.5. The molecule has 0 radical (unpaired) electrons. The van der Waals surface area contributed by atoms with Crippen molar-refractivity contribution >= 4 is 35.0 Å². The average Bonchev–Trinajstić information content (AvgIpc) is 2.71. The molecule has 1 heterocycles. The van der Waals surface area contributed by atoms with E-state index >= 15 is 0 Å². The highest BCUT2D eigenvalue weighted by molar-refractivity contribution is 7.99. The third kappa shape index (κ3) is 3.74. The lowest BCUT2D eigenvalue weighted by Gasteiger charge is -2.04. The molecule has 0 aliphatic rings. The van der Waals surface area contributed by atoms with Crippen molar-refractivity contribution in [3.05, 3.63) is 40.5 Å². The summed E-state index contributed by atoms with van der Waals surface area (Å²) >= 11 is 6.83. The van der Waals surface area contributed by atoms with E-state index in [2.05, 4.69) is 10.3 Å². The number of thioether (sulfide) groups is 1. The van der Waals surface area contributed by atoms with Crippen LogP contribution >= 0.6 is 23.4 Å². The van der Waals surface area contributed by atoms with E-state index in [0.29, 0.717) is 10.9 Å². The Labute approximate surface area is 124 Å². The van der Waals surface area contributed by atoms with Crippen molar-refractivity contribution in [2.24, 2.45) is 0 Å². The van der Waals surface area contributed by atoms with Crippen molar-refractivity contribution in [2.75, 3.05) is 11.1 Å². The smallest absolute Gasteiger partial charge is 0.256 e. The first-order valence-corrected chi connectivity index (χ1v) is 7.14. The van der Waals surface area contributed by atoms with E-state index in [1.54, 1.807) is 0 Å². The number of hydrogen-bond acceptors (Lipinski definition) is 4. The topological polar surface area (TPSA) is 55.1 Å². The van der Waals surface area contributed by atoms with Gasteiger partial charge in [-0.25, -0.2) is 9.37 Å². The normalized spacial score (nSPS) is 10.6. The molecular formula is C13H12ClFN2O2S. The van der Waals surface area contributed by atoms with E-state index < -0.39 is 5.82 Å². The van der Waals surface area contributed by atoms with Crippen LogP contribution in [0.4, 0.5) is 10.1 Å². The van der Waals surface area contributed by atoms with Crippen LogP contribution < -0.4 is 5.32 Å². The predicted molar refractivity (Wildman–Crippen MR) is 76.7 cm³/mol. The molecule has 0 bridgehead atoms.